The number of aryl methyl sites for hydroxylation is 3. The molecule has 0 fully saturated rings. The van der Waals surface area contributed by atoms with Gasteiger partial charge < -0.3 is 9.30 Å². The number of carbonyl (C=O) groups excluding carboxylic acids is 3. The first-order valence-electron chi connectivity index (χ1n) is 10.4. The third kappa shape index (κ3) is 5.19. The smallest absolute Gasteiger partial charge is 0.306 e. The molecule has 2 aromatic carbocycles. The first-order valence-corrected chi connectivity index (χ1v) is 10.4. The summed E-state index contributed by atoms with van der Waals surface area (Å²) in [5, 5.41) is 0. The van der Waals surface area contributed by atoms with Crippen molar-refractivity contribution < 1.29 is 23.5 Å². The van der Waals surface area contributed by atoms with Crippen molar-refractivity contribution in [3.05, 3.63) is 88.0 Å². The van der Waals surface area contributed by atoms with E-state index in [4.69, 9.17) is 4.74 Å². The summed E-state index contributed by atoms with van der Waals surface area (Å²) in [6.07, 6.45) is -0.217. The number of ether oxygens (including phenoxy) is 1. The molecule has 32 heavy (non-hydrogen) atoms. The number of hydrogen-bond donors (Lipinski definition) is 0. The first-order chi connectivity index (χ1) is 15.2. The number of aromatic nitrogens is 1. The Kier molecular flexibility index (Phi) is 7.03. The van der Waals surface area contributed by atoms with Crippen molar-refractivity contribution in [2.75, 3.05) is 6.61 Å². The Morgan fingerprint density at radius 3 is 2.19 bits per heavy atom. The Morgan fingerprint density at radius 2 is 1.53 bits per heavy atom. The number of nitrogens with zero attached hydrogens (tertiary/aromatic N) is 1. The van der Waals surface area contributed by atoms with Crippen LogP contribution in [0.4, 0.5) is 4.39 Å². The maximum atomic E-state index is 12.9. The largest absolute Gasteiger partial charge is 0.457 e. The quantitative estimate of drug-likeness (QED) is 0.359. The number of Topliss-reactive ketones (excluding diaryl/α,β-unsaturated/α-hetero) is 2. The second-order valence-corrected chi connectivity index (χ2v) is 7.90. The molecule has 0 aliphatic rings. The molecule has 0 aliphatic heterocycles. The Balaban J connectivity index is 1.60. The summed E-state index contributed by atoms with van der Waals surface area (Å²) in [7, 11) is 0. The minimum atomic E-state index is -0.628. The molecule has 0 saturated carbocycles. The SMILES string of the molecule is Cc1ccc(-n2c(C)cc(C(=O)COC(=O)CCC(=O)c3ccc(F)cc3)c2C)cc1C. The molecule has 166 valence electrons. The number of ketones is 2. The van der Waals surface area contributed by atoms with Crippen LogP contribution in [0.25, 0.3) is 5.69 Å². The molecular weight excluding hydrogens is 409 g/mol. The molecular formula is C26H26FNO4. The van der Waals surface area contributed by atoms with E-state index in [2.05, 4.69) is 6.07 Å². The fourth-order valence-electron chi connectivity index (χ4n) is 3.60. The molecule has 0 unspecified atom stereocenters. The van der Waals surface area contributed by atoms with Crippen molar-refractivity contribution in [3.63, 3.8) is 0 Å². The van der Waals surface area contributed by atoms with Crippen LogP contribution in [0, 0.1) is 33.5 Å². The molecule has 0 saturated heterocycles. The van der Waals surface area contributed by atoms with Crippen LogP contribution in [-0.4, -0.2) is 28.7 Å². The highest BCUT2D eigenvalue weighted by Crippen LogP contribution is 2.23. The van der Waals surface area contributed by atoms with Crippen LogP contribution < -0.4 is 0 Å². The van der Waals surface area contributed by atoms with Crippen LogP contribution in [0.1, 0.15) is 56.1 Å². The monoisotopic (exact) mass is 435 g/mol. The van der Waals surface area contributed by atoms with Gasteiger partial charge in [0.25, 0.3) is 0 Å². The van der Waals surface area contributed by atoms with Gasteiger partial charge in [-0.15, -0.1) is 0 Å². The van der Waals surface area contributed by atoms with E-state index < -0.39 is 11.8 Å². The summed E-state index contributed by atoms with van der Waals surface area (Å²) in [5.74, 6) is -1.65. The summed E-state index contributed by atoms with van der Waals surface area (Å²) >= 11 is 0. The van der Waals surface area contributed by atoms with Gasteiger partial charge in [0.2, 0.25) is 5.78 Å². The zero-order valence-electron chi connectivity index (χ0n) is 18.7. The van der Waals surface area contributed by atoms with Crippen LogP contribution >= 0.6 is 0 Å². The van der Waals surface area contributed by atoms with Crippen molar-refractivity contribution in [3.8, 4) is 5.69 Å². The lowest BCUT2D eigenvalue weighted by molar-refractivity contribution is -0.142. The van der Waals surface area contributed by atoms with Gasteiger partial charge in [0.1, 0.15) is 5.82 Å². The highest BCUT2D eigenvalue weighted by Gasteiger charge is 2.19. The van der Waals surface area contributed by atoms with E-state index in [0.29, 0.717) is 11.1 Å². The van der Waals surface area contributed by atoms with E-state index in [-0.39, 0.29) is 31.0 Å². The minimum absolute atomic E-state index is 0.0695. The number of halogens is 1. The van der Waals surface area contributed by atoms with Crippen LogP contribution in [0.3, 0.4) is 0 Å². The molecule has 5 nitrogen and oxygen atoms in total. The van der Waals surface area contributed by atoms with Gasteiger partial charge in [-0.25, -0.2) is 4.39 Å². The molecule has 6 heteroatoms. The van der Waals surface area contributed by atoms with Crippen molar-refractivity contribution in [2.24, 2.45) is 0 Å². The minimum Gasteiger partial charge on any atom is -0.457 e. The molecule has 3 rings (SSSR count). The Hall–Kier alpha value is -3.54. The van der Waals surface area contributed by atoms with Crippen molar-refractivity contribution in [1.29, 1.82) is 0 Å². The second-order valence-electron chi connectivity index (χ2n) is 7.90. The van der Waals surface area contributed by atoms with Crippen LogP contribution in [0.15, 0.2) is 48.5 Å². The Labute approximate surface area is 186 Å². The van der Waals surface area contributed by atoms with Gasteiger partial charge in [-0.1, -0.05) is 6.07 Å². The van der Waals surface area contributed by atoms with Crippen LogP contribution in [-0.2, 0) is 9.53 Å². The van der Waals surface area contributed by atoms with Gasteiger partial charge in [-0.05, 0) is 81.3 Å². The van der Waals surface area contributed by atoms with Crippen molar-refractivity contribution >= 4 is 17.5 Å². The molecule has 0 atom stereocenters. The molecule has 1 heterocycles. The lowest BCUT2D eigenvalue weighted by Gasteiger charge is -2.12. The fraction of sp³-hybridized carbons (Fsp3) is 0.269. The van der Waals surface area contributed by atoms with E-state index in [1.54, 1.807) is 6.07 Å². The fourth-order valence-corrected chi connectivity index (χ4v) is 3.60. The van der Waals surface area contributed by atoms with E-state index in [9.17, 15) is 18.8 Å². The van der Waals surface area contributed by atoms with Gasteiger partial charge in [0, 0.05) is 34.6 Å². The molecule has 0 radical (unpaired) electrons. The van der Waals surface area contributed by atoms with E-state index >= 15 is 0 Å². The second kappa shape index (κ2) is 9.73. The van der Waals surface area contributed by atoms with Gasteiger partial charge >= 0.3 is 5.97 Å². The van der Waals surface area contributed by atoms with Crippen LogP contribution in [0.5, 0.6) is 0 Å². The summed E-state index contributed by atoms with van der Waals surface area (Å²) in [4.78, 5) is 36.8. The summed E-state index contributed by atoms with van der Waals surface area (Å²) < 4.78 is 20.0. The topological polar surface area (TPSA) is 65.4 Å². The highest BCUT2D eigenvalue weighted by atomic mass is 19.1. The summed E-state index contributed by atoms with van der Waals surface area (Å²) in [6.45, 7) is 7.48. The van der Waals surface area contributed by atoms with Gasteiger partial charge in [-0.2, -0.15) is 0 Å². The Bertz CT molecular complexity index is 1180. The van der Waals surface area contributed by atoms with Gasteiger partial charge in [-0.3, -0.25) is 14.4 Å². The zero-order chi connectivity index (χ0) is 23.4. The zero-order valence-corrected chi connectivity index (χ0v) is 18.7. The van der Waals surface area contributed by atoms with E-state index in [0.717, 1.165) is 22.6 Å². The molecule has 3 aromatic rings. The first kappa shape index (κ1) is 23.1. The molecule has 0 bridgehead atoms. The molecule has 0 amide bonds. The molecule has 1 aromatic heterocycles. The average molecular weight is 435 g/mol. The highest BCUT2D eigenvalue weighted by molar-refractivity contribution is 6.00. The van der Waals surface area contributed by atoms with Crippen molar-refractivity contribution in [2.45, 2.75) is 40.5 Å². The number of carbonyl (C=O) groups is 3. The van der Waals surface area contributed by atoms with E-state index in [1.807, 2.05) is 44.4 Å². The number of esters is 1. The third-order valence-electron chi connectivity index (χ3n) is 5.57. The normalized spacial score (nSPS) is 10.8. The summed E-state index contributed by atoms with van der Waals surface area (Å²) in [6, 6.07) is 13.0. The average Bonchev–Trinajstić information content (AvgIpc) is 3.06. The Morgan fingerprint density at radius 1 is 0.844 bits per heavy atom. The van der Waals surface area contributed by atoms with Crippen molar-refractivity contribution in [1.82, 2.24) is 4.57 Å². The van der Waals surface area contributed by atoms with Gasteiger partial charge in [0.15, 0.2) is 12.4 Å². The standard InChI is InChI=1S/C26H26FNO4/c1-16-5-10-22(13-17(16)2)28-18(3)14-23(19(28)4)25(30)15-32-26(31)12-11-24(29)20-6-8-21(27)9-7-20/h5-10,13-14H,11-12,15H2,1-4H3. The number of hydrogen-bond acceptors (Lipinski definition) is 4. The maximum Gasteiger partial charge on any atom is 0.306 e. The molecule has 0 spiro atoms. The molecule has 0 N–H and O–H groups in total. The number of rotatable bonds is 8. The molecule has 0 aliphatic carbocycles. The van der Waals surface area contributed by atoms with E-state index in [1.165, 1.54) is 29.8 Å². The predicted molar refractivity (Wildman–Crippen MR) is 120 cm³/mol. The lowest BCUT2D eigenvalue weighted by atomic mass is 10.1. The summed E-state index contributed by atoms with van der Waals surface area (Å²) in [5.41, 5.74) is 5.83. The third-order valence-corrected chi connectivity index (χ3v) is 5.57. The predicted octanol–water partition coefficient (Wildman–Crippen LogP) is 5.24. The van der Waals surface area contributed by atoms with Gasteiger partial charge in [0.05, 0.1) is 6.42 Å². The lowest BCUT2D eigenvalue weighted by Crippen LogP contribution is -2.15. The van der Waals surface area contributed by atoms with Crippen LogP contribution in [0.2, 0.25) is 0 Å². The number of benzene rings is 2. The maximum absolute atomic E-state index is 12.9.